The summed E-state index contributed by atoms with van der Waals surface area (Å²) < 4.78 is 15.5. The summed E-state index contributed by atoms with van der Waals surface area (Å²) in [6.45, 7) is 1.40. The number of carbonyl (C=O) groups is 2. The molecule has 0 aliphatic carbocycles. The lowest BCUT2D eigenvalue weighted by Crippen LogP contribution is -2.31. The molecule has 1 aromatic heterocycles. The summed E-state index contributed by atoms with van der Waals surface area (Å²) in [6.07, 6.45) is 1.48. The molecule has 0 unspecified atom stereocenters. The van der Waals surface area contributed by atoms with Gasteiger partial charge in [0.25, 0.3) is 5.91 Å². The molecule has 0 aliphatic heterocycles. The van der Waals surface area contributed by atoms with Gasteiger partial charge in [-0.2, -0.15) is 0 Å². The van der Waals surface area contributed by atoms with Gasteiger partial charge in [0.1, 0.15) is 17.2 Å². The van der Waals surface area contributed by atoms with Crippen LogP contribution in [0.5, 0.6) is 11.5 Å². The number of hydrogen-bond acceptors (Lipinski definition) is 6. The first-order valence-electron chi connectivity index (χ1n) is 7.64. The minimum atomic E-state index is -0.651. The molecule has 0 fully saturated rings. The lowest BCUT2D eigenvalue weighted by Gasteiger charge is -2.18. The van der Waals surface area contributed by atoms with Crippen molar-refractivity contribution in [3.8, 4) is 11.5 Å². The number of aromatic nitrogens is 1. The molecule has 0 saturated carbocycles. The van der Waals surface area contributed by atoms with Gasteiger partial charge in [-0.1, -0.05) is 6.07 Å². The fraction of sp³-hybridized carbons (Fsp3) is 0.278. The number of esters is 1. The normalized spacial score (nSPS) is 11.3. The number of benzene rings is 1. The van der Waals surface area contributed by atoms with Gasteiger partial charge in [0.2, 0.25) is 0 Å². The zero-order valence-corrected chi connectivity index (χ0v) is 14.3. The molecule has 1 amide bonds. The quantitative estimate of drug-likeness (QED) is 0.775. The lowest BCUT2D eigenvalue weighted by atomic mass is 10.1. The molecular formula is C18H20N2O5. The van der Waals surface area contributed by atoms with Crippen molar-refractivity contribution in [3.63, 3.8) is 0 Å². The zero-order valence-electron chi connectivity index (χ0n) is 14.3. The first kappa shape index (κ1) is 18.3. The molecule has 0 spiro atoms. The van der Waals surface area contributed by atoms with Crippen LogP contribution in [-0.2, 0) is 9.53 Å². The summed E-state index contributed by atoms with van der Waals surface area (Å²) in [7, 11) is 3.11. The van der Waals surface area contributed by atoms with Gasteiger partial charge in [-0.25, -0.2) is 9.78 Å². The molecule has 7 nitrogen and oxygen atoms in total. The Bertz CT molecular complexity index is 734. The van der Waals surface area contributed by atoms with E-state index in [1.165, 1.54) is 12.3 Å². The highest BCUT2D eigenvalue weighted by Crippen LogP contribution is 2.29. The van der Waals surface area contributed by atoms with Gasteiger partial charge in [-0.3, -0.25) is 4.79 Å². The number of carbonyl (C=O) groups excluding carboxylic acids is 2. The second-order valence-electron chi connectivity index (χ2n) is 5.19. The molecule has 132 valence electrons. The van der Waals surface area contributed by atoms with Crippen molar-refractivity contribution in [2.75, 3.05) is 20.8 Å². The van der Waals surface area contributed by atoms with Crippen molar-refractivity contribution in [2.24, 2.45) is 0 Å². The molecule has 1 heterocycles. The van der Waals surface area contributed by atoms with Crippen molar-refractivity contribution >= 4 is 11.9 Å². The second kappa shape index (κ2) is 8.68. The molecule has 0 radical (unpaired) electrons. The summed E-state index contributed by atoms with van der Waals surface area (Å²) in [6, 6.07) is 9.83. The SMILES string of the molecule is COc1ccc(OC)c([C@H](C)NC(=O)COC(=O)c2ccccn2)c1. The largest absolute Gasteiger partial charge is 0.497 e. The van der Waals surface area contributed by atoms with Gasteiger partial charge in [0, 0.05) is 11.8 Å². The predicted octanol–water partition coefficient (Wildman–Crippen LogP) is 2.13. The molecule has 2 rings (SSSR count). The summed E-state index contributed by atoms with van der Waals surface area (Å²) in [5, 5.41) is 2.76. The highest BCUT2D eigenvalue weighted by molar-refractivity contribution is 5.89. The van der Waals surface area contributed by atoms with Gasteiger partial charge < -0.3 is 19.5 Å². The standard InChI is InChI=1S/C18H20N2O5/c1-12(14-10-13(23-2)7-8-16(14)24-3)20-17(21)11-25-18(22)15-6-4-5-9-19-15/h4-10,12H,11H2,1-3H3,(H,20,21)/t12-/m0/s1. The minimum absolute atomic E-state index is 0.151. The van der Waals surface area contributed by atoms with E-state index in [1.807, 2.05) is 0 Å². The number of methoxy groups -OCH3 is 2. The van der Waals surface area contributed by atoms with Gasteiger partial charge >= 0.3 is 5.97 Å². The van der Waals surface area contributed by atoms with Crippen molar-refractivity contribution in [1.82, 2.24) is 10.3 Å². The minimum Gasteiger partial charge on any atom is -0.497 e. The summed E-state index contributed by atoms with van der Waals surface area (Å²) in [5.74, 6) is 0.196. The van der Waals surface area contributed by atoms with E-state index >= 15 is 0 Å². The van der Waals surface area contributed by atoms with Gasteiger partial charge in [0.15, 0.2) is 6.61 Å². The predicted molar refractivity (Wildman–Crippen MR) is 90.6 cm³/mol. The van der Waals surface area contributed by atoms with E-state index in [0.717, 1.165) is 5.56 Å². The monoisotopic (exact) mass is 344 g/mol. The molecule has 1 aromatic carbocycles. The number of nitrogens with zero attached hydrogens (tertiary/aromatic N) is 1. The molecular weight excluding hydrogens is 324 g/mol. The van der Waals surface area contributed by atoms with Gasteiger partial charge in [-0.15, -0.1) is 0 Å². The van der Waals surface area contributed by atoms with E-state index < -0.39 is 18.5 Å². The third-order valence-corrected chi connectivity index (χ3v) is 3.49. The Morgan fingerprint density at radius 1 is 1.16 bits per heavy atom. The number of ether oxygens (including phenoxy) is 3. The number of amides is 1. The Hall–Kier alpha value is -3.09. The van der Waals surface area contributed by atoms with Crippen LogP contribution in [-0.4, -0.2) is 37.7 Å². The Morgan fingerprint density at radius 3 is 2.60 bits per heavy atom. The highest BCUT2D eigenvalue weighted by atomic mass is 16.5. The molecule has 7 heteroatoms. The molecule has 0 bridgehead atoms. The van der Waals surface area contributed by atoms with Crippen LogP contribution in [0.4, 0.5) is 0 Å². The number of nitrogens with one attached hydrogen (secondary N) is 1. The number of rotatable bonds is 7. The Morgan fingerprint density at radius 2 is 1.96 bits per heavy atom. The van der Waals surface area contributed by atoms with Gasteiger partial charge in [0.05, 0.1) is 20.3 Å². The smallest absolute Gasteiger partial charge is 0.357 e. The molecule has 0 aliphatic rings. The summed E-state index contributed by atoms with van der Waals surface area (Å²) in [5.41, 5.74) is 0.907. The maximum Gasteiger partial charge on any atom is 0.357 e. The van der Waals surface area contributed by atoms with Crippen LogP contribution in [0.1, 0.15) is 29.0 Å². The molecule has 0 saturated heterocycles. The maximum absolute atomic E-state index is 12.0. The van der Waals surface area contributed by atoms with Crippen LogP contribution >= 0.6 is 0 Å². The van der Waals surface area contributed by atoms with Crippen LogP contribution in [0.2, 0.25) is 0 Å². The zero-order chi connectivity index (χ0) is 18.2. The van der Waals surface area contributed by atoms with Crippen LogP contribution in [0.25, 0.3) is 0 Å². The van der Waals surface area contributed by atoms with Crippen LogP contribution in [0, 0.1) is 0 Å². The molecule has 1 atom stereocenters. The van der Waals surface area contributed by atoms with Crippen LogP contribution < -0.4 is 14.8 Å². The topological polar surface area (TPSA) is 86.8 Å². The van der Waals surface area contributed by atoms with Crippen LogP contribution in [0.15, 0.2) is 42.6 Å². The lowest BCUT2D eigenvalue weighted by molar-refractivity contribution is -0.124. The fourth-order valence-corrected chi connectivity index (χ4v) is 2.23. The fourth-order valence-electron chi connectivity index (χ4n) is 2.23. The number of pyridine rings is 1. The van der Waals surface area contributed by atoms with E-state index in [4.69, 9.17) is 14.2 Å². The van der Waals surface area contributed by atoms with Crippen molar-refractivity contribution in [3.05, 3.63) is 53.9 Å². The molecule has 2 aromatic rings. The second-order valence-corrected chi connectivity index (χ2v) is 5.19. The van der Waals surface area contributed by atoms with Gasteiger partial charge in [-0.05, 0) is 37.3 Å². The Labute approximate surface area is 145 Å². The van der Waals surface area contributed by atoms with E-state index in [1.54, 1.807) is 51.5 Å². The van der Waals surface area contributed by atoms with E-state index in [9.17, 15) is 9.59 Å². The third-order valence-electron chi connectivity index (χ3n) is 3.49. The van der Waals surface area contributed by atoms with E-state index in [-0.39, 0.29) is 11.7 Å². The summed E-state index contributed by atoms with van der Waals surface area (Å²) >= 11 is 0. The highest BCUT2D eigenvalue weighted by Gasteiger charge is 2.17. The average molecular weight is 344 g/mol. The first-order chi connectivity index (χ1) is 12.0. The first-order valence-corrected chi connectivity index (χ1v) is 7.64. The molecule has 1 N–H and O–H groups in total. The summed E-state index contributed by atoms with van der Waals surface area (Å²) in [4.78, 5) is 27.7. The van der Waals surface area contributed by atoms with E-state index in [2.05, 4.69) is 10.3 Å². The van der Waals surface area contributed by atoms with Crippen LogP contribution in [0.3, 0.4) is 0 Å². The molecule has 25 heavy (non-hydrogen) atoms. The Balaban J connectivity index is 1.95. The third kappa shape index (κ3) is 4.94. The van der Waals surface area contributed by atoms with Crippen molar-refractivity contribution in [1.29, 1.82) is 0 Å². The maximum atomic E-state index is 12.0. The average Bonchev–Trinajstić information content (AvgIpc) is 2.66. The van der Waals surface area contributed by atoms with Crippen molar-refractivity contribution in [2.45, 2.75) is 13.0 Å². The Kier molecular flexibility index (Phi) is 6.33. The van der Waals surface area contributed by atoms with Crippen molar-refractivity contribution < 1.29 is 23.8 Å². The number of hydrogen-bond donors (Lipinski definition) is 1. The van der Waals surface area contributed by atoms with E-state index in [0.29, 0.717) is 11.5 Å².